The van der Waals surface area contributed by atoms with Crippen molar-refractivity contribution in [3.8, 4) is 0 Å². The van der Waals surface area contributed by atoms with E-state index < -0.39 is 0 Å². The molecular formula is C13H21NOS. The van der Waals surface area contributed by atoms with Crippen LogP contribution in [0.1, 0.15) is 18.9 Å². The standard InChI is InChI=1S/C13H21NOS/c1-11(7-8-15-2)14-13-6-4-5-12(9-13)10-16-3/h4-6,9,11,14H,7-8,10H2,1-3H3. The van der Waals surface area contributed by atoms with Crippen molar-refractivity contribution in [1.29, 1.82) is 0 Å². The molecule has 0 aromatic heterocycles. The highest BCUT2D eigenvalue weighted by Gasteiger charge is 2.02. The van der Waals surface area contributed by atoms with Gasteiger partial charge in [-0.05, 0) is 37.3 Å². The van der Waals surface area contributed by atoms with E-state index in [1.807, 2.05) is 11.8 Å². The minimum Gasteiger partial charge on any atom is -0.385 e. The first-order valence-electron chi connectivity index (χ1n) is 5.59. The molecule has 0 aliphatic carbocycles. The molecule has 1 aromatic carbocycles. The molecule has 0 saturated carbocycles. The summed E-state index contributed by atoms with van der Waals surface area (Å²) in [6.45, 7) is 2.99. The third-order valence-electron chi connectivity index (χ3n) is 2.41. The first-order valence-corrected chi connectivity index (χ1v) is 6.99. The van der Waals surface area contributed by atoms with Crippen molar-refractivity contribution < 1.29 is 4.74 Å². The van der Waals surface area contributed by atoms with Gasteiger partial charge in [-0.25, -0.2) is 0 Å². The number of ether oxygens (including phenoxy) is 1. The van der Waals surface area contributed by atoms with Crippen LogP contribution < -0.4 is 5.32 Å². The number of anilines is 1. The maximum atomic E-state index is 5.07. The quantitative estimate of drug-likeness (QED) is 0.788. The van der Waals surface area contributed by atoms with E-state index in [-0.39, 0.29) is 0 Å². The second-order valence-electron chi connectivity index (χ2n) is 3.96. The highest BCUT2D eigenvalue weighted by Crippen LogP contribution is 2.16. The summed E-state index contributed by atoms with van der Waals surface area (Å²) in [4.78, 5) is 0. The Labute approximate surface area is 103 Å². The summed E-state index contributed by atoms with van der Waals surface area (Å²) < 4.78 is 5.07. The van der Waals surface area contributed by atoms with Crippen molar-refractivity contribution in [2.45, 2.75) is 25.1 Å². The Balaban J connectivity index is 2.49. The molecule has 0 spiro atoms. The fourth-order valence-electron chi connectivity index (χ4n) is 1.57. The minimum absolute atomic E-state index is 0.449. The second kappa shape index (κ2) is 7.58. The van der Waals surface area contributed by atoms with Gasteiger partial charge < -0.3 is 10.1 Å². The van der Waals surface area contributed by atoms with Gasteiger partial charge in [-0.3, -0.25) is 0 Å². The summed E-state index contributed by atoms with van der Waals surface area (Å²) in [5.41, 5.74) is 2.58. The van der Waals surface area contributed by atoms with Gasteiger partial charge in [0.1, 0.15) is 0 Å². The molecule has 0 saturated heterocycles. The lowest BCUT2D eigenvalue weighted by molar-refractivity contribution is 0.191. The van der Waals surface area contributed by atoms with Crippen molar-refractivity contribution in [3.05, 3.63) is 29.8 Å². The lowest BCUT2D eigenvalue weighted by Crippen LogP contribution is -2.17. The zero-order chi connectivity index (χ0) is 11.8. The van der Waals surface area contributed by atoms with E-state index in [9.17, 15) is 0 Å². The highest BCUT2D eigenvalue weighted by molar-refractivity contribution is 7.97. The summed E-state index contributed by atoms with van der Waals surface area (Å²) in [7, 11) is 1.74. The summed E-state index contributed by atoms with van der Waals surface area (Å²) in [6.07, 6.45) is 3.16. The maximum absolute atomic E-state index is 5.07. The van der Waals surface area contributed by atoms with E-state index in [0.29, 0.717) is 6.04 Å². The molecule has 1 atom stereocenters. The minimum atomic E-state index is 0.449. The fraction of sp³-hybridized carbons (Fsp3) is 0.538. The van der Waals surface area contributed by atoms with E-state index in [0.717, 1.165) is 18.8 Å². The van der Waals surface area contributed by atoms with Crippen molar-refractivity contribution in [2.75, 3.05) is 25.3 Å². The largest absolute Gasteiger partial charge is 0.385 e. The maximum Gasteiger partial charge on any atom is 0.0481 e. The molecule has 16 heavy (non-hydrogen) atoms. The van der Waals surface area contributed by atoms with Crippen LogP contribution in [-0.2, 0) is 10.5 Å². The molecular weight excluding hydrogens is 218 g/mol. The summed E-state index contributed by atoms with van der Waals surface area (Å²) in [6, 6.07) is 9.07. The third kappa shape index (κ3) is 4.90. The topological polar surface area (TPSA) is 21.3 Å². The van der Waals surface area contributed by atoms with Gasteiger partial charge in [-0.15, -0.1) is 0 Å². The molecule has 0 aliphatic rings. The number of hydrogen-bond donors (Lipinski definition) is 1. The Morgan fingerprint density at radius 2 is 2.25 bits per heavy atom. The Kier molecular flexibility index (Phi) is 6.34. The Morgan fingerprint density at radius 1 is 1.44 bits per heavy atom. The SMILES string of the molecule is COCCC(C)Nc1cccc(CSC)c1. The number of methoxy groups -OCH3 is 1. The van der Waals surface area contributed by atoms with Crippen LogP contribution in [0.5, 0.6) is 0 Å². The summed E-state index contributed by atoms with van der Waals surface area (Å²) in [5.74, 6) is 1.07. The zero-order valence-corrected chi connectivity index (χ0v) is 11.1. The van der Waals surface area contributed by atoms with E-state index in [2.05, 4.69) is 42.8 Å². The monoisotopic (exact) mass is 239 g/mol. The number of nitrogens with one attached hydrogen (secondary N) is 1. The van der Waals surface area contributed by atoms with Crippen LogP contribution in [0, 0.1) is 0 Å². The van der Waals surface area contributed by atoms with Crippen molar-refractivity contribution in [1.82, 2.24) is 0 Å². The van der Waals surface area contributed by atoms with Crippen LogP contribution in [0.15, 0.2) is 24.3 Å². The summed E-state index contributed by atoms with van der Waals surface area (Å²) in [5, 5.41) is 3.49. The number of rotatable bonds is 7. The summed E-state index contributed by atoms with van der Waals surface area (Å²) >= 11 is 1.85. The van der Waals surface area contributed by atoms with Crippen LogP contribution >= 0.6 is 11.8 Å². The lowest BCUT2D eigenvalue weighted by Gasteiger charge is -2.15. The Morgan fingerprint density at radius 3 is 2.94 bits per heavy atom. The molecule has 0 amide bonds. The predicted molar refractivity (Wildman–Crippen MR) is 73.2 cm³/mol. The van der Waals surface area contributed by atoms with E-state index in [1.165, 1.54) is 11.3 Å². The van der Waals surface area contributed by atoms with E-state index in [4.69, 9.17) is 4.74 Å². The molecule has 1 N–H and O–H groups in total. The normalized spacial score (nSPS) is 12.4. The molecule has 0 bridgehead atoms. The average Bonchev–Trinajstić information content (AvgIpc) is 2.27. The third-order valence-corrected chi connectivity index (χ3v) is 3.03. The van der Waals surface area contributed by atoms with Gasteiger partial charge in [0.2, 0.25) is 0 Å². The van der Waals surface area contributed by atoms with Crippen LogP contribution in [0.3, 0.4) is 0 Å². The molecule has 1 aromatic rings. The molecule has 0 radical (unpaired) electrons. The van der Waals surface area contributed by atoms with E-state index in [1.54, 1.807) is 7.11 Å². The molecule has 0 aliphatic heterocycles. The molecule has 1 rings (SSSR count). The molecule has 0 fully saturated rings. The van der Waals surface area contributed by atoms with Gasteiger partial charge in [0.15, 0.2) is 0 Å². The Bertz CT molecular complexity index is 304. The van der Waals surface area contributed by atoms with E-state index >= 15 is 0 Å². The highest BCUT2D eigenvalue weighted by atomic mass is 32.2. The van der Waals surface area contributed by atoms with Crippen LogP contribution in [0.2, 0.25) is 0 Å². The molecule has 0 heterocycles. The molecule has 90 valence electrons. The van der Waals surface area contributed by atoms with Gasteiger partial charge in [-0.1, -0.05) is 12.1 Å². The van der Waals surface area contributed by atoms with Gasteiger partial charge >= 0.3 is 0 Å². The van der Waals surface area contributed by atoms with Crippen molar-refractivity contribution in [2.24, 2.45) is 0 Å². The number of thioether (sulfide) groups is 1. The van der Waals surface area contributed by atoms with Gasteiger partial charge in [0.25, 0.3) is 0 Å². The van der Waals surface area contributed by atoms with Gasteiger partial charge in [-0.2, -0.15) is 11.8 Å². The number of hydrogen-bond acceptors (Lipinski definition) is 3. The average molecular weight is 239 g/mol. The van der Waals surface area contributed by atoms with Crippen molar-refractivity contribution in [3.63, 3.8) is 0 Å². The van der Waals surface area contributed by atoms with Crippen LogP contribution in [-0.4, -0.2) is 26.0 Å². The zero-order valence-electron chi connectivity index (χ0n) is 10.3. The first-order chi connectivity index (χ1) is 7.76. The van der Waals surface area contributed by atoms with Crippen molar-refractivity contribution >= 4 is 17.4 Å². The predicted octanol–water partition coefficient (Wildman–Crippen LogP) is 3.39. The second-order valence-corrected chi connectivity index (χ2v) is 4.83. The van der Waals surface area contributed by atoms with Gasteiger partial charge in [0, 0.05) is 31.2 Å². The van der Waals surface area contributed by atoms with Gasteiger partial charge in [0.05, 0.1) is 0 Å². The fourth-order valence-corrected chi connectivity index (χ4v) is 2.08. The Hall–Kier alpha value is -0.670. The first kappa shape index (κ1) is 13.4. The molecule has 3 heteroatoms. The van der Waals surface area contributed by atoms with Crippen LogP contribution in [0.25, 0.3) is 0 Å². The number of benzene rings is 1. The molecule has 2 nitrogen and oxygen atoms in total. The van der Waals surface area contributed by atoms with Crippen LogP contribution in [0.4, 0.5) is 5.69 Å². The molecule has 1 unspecified atom stereocenters. The smallest absolute Gasteiger partial charge is 0.0481 e. The lowest BCUT2D eigenvalue weighted by atomic mass is 10.2.